The molecule has 25 heavy (non-hydrogen) atoms. The van der Waals surface area contributed by atoms with Gasteiger partial charge in [-0.2, -0.15) is 14.8 Å². The van der Waals surface area contributed by atoms with Crippen LogP contribution < -0.4 is 10.9 Å². The van der Waals surface area contributed by atoms with E-state index >= 15 is 0 Å². The van der Waals surface area contributed by atoms with Gasteiger partial charge in [-0.15, -0.1) is 0 Å². The molecule has 3 aromatic rings. The van der Waals surface area contributed by atoms with Gasteiger partial charge in [0.25, 0.3) is 5.56 Å². The van der Waals surface area contributed by atoms with E-state index in [0.717, 1.165) is 19.3 Å². The Labute approximate surface area is 142 Å². The number of nitrogens with one attached hydrogen (secondary N) is 2. The van der Waals surface area contributed by atoms with Gasteiger partial charge < -0.3 is 10.3 Å². The Morgan fingerprint density at radius 2 is 2.28 bits per heavy atom. The molecule has 0 amide bonds. The second kappa shape index (κ2) is 6.02. The van der Waals surface area contributed by atoms with E-state index in [1.165, 1.54) is 12.3 Å². The molecular weight excluding hydrogens is 323 g/mol. The Bertz CT molecular complexity index is 1030. The lowest BCUT2D eigenvalue weighted by atomic mass is 10.1. The summed E-state index contributed by atoms with van der Waals surface area (Å²) in [6.45, 7) is 0. The molecule has 1 aliphatic carbocycles. The van der Waals surface area contributed by atoms with Crippen molar-refractivity contribution in [2.75, 3.05) is 5.32 Å². The van der Waals surface area contributed by atoms with Crippen molar-refractivity contribution in [3.63, 3.8) is 0 Å². The lowest BCUT2D eigenvalue weighted by Crippen LogP contribution is -2.14. The number of hydrogen-bond acceptors (Lipinski definition) is 5. The van der Waals surface area contributed by atoms with Gasteiger partial charge in [0.05, 0.1) is 23.5 Å². The fourth-order valence-corrected chi connectivity index (χ4v) is 3.44. The molecule has 0 saturated heterocycles. The van der Waals surface area contributed by atoms with Crippen LogP contribution in [0.15, 0.2) is 35.4 Å². The zero-order chi connectivity index (χ0) is 17.4. The normalized spacial score (nSPS) is 19.8. The fraction of sp³-hybridized carbons (Fsp3) is 0.294. The van der Waals surface area contributed by atoms with Gasteiger partial charge in [-0.25, -0.2) is 4.98 Å². The molecule has 0 aromatic carbocycles. The first-order chi connectivity index (χ1) is 12.2. The monoisotopic (exact) mass is 338 g/mol. The lowest BCUT2D eigenvalue weighted by Gasteiger charge is -2.15. The molecule has 2 atom stereocenters. The van der Waals surface area contributed by atoms with Gasteiger partial charge in [0.1, 0.15) is 5.39 Å². The number of halogens is 1. The molecule has 0 aliphatic heterocycles. The van der Waals surface area contributed by atoms with Gasteiger partial charge in [0.2, 0.25) is 5.95 Å². The first-order valence-corrected chi connectivity index (χ1v) is 8.05. The van der Waals surface area contributed by atoms with Crippen LogP contribution in [0.25, 0.3) is 10.9 Å². The zero-order valence-corrected chi connectivity index (χ0v) is 13.2. The fourth-order valence-electron chi connectivity index (χ4n) is 3.44. The van der Waals surface area contributed by atoms with Crippen LogP contribution in [0.4, 0.5) is 15.9 Å². The van der Waals surface area contributed by atoms with E-state index in [1.54, 1.807) is 23.0 Å². The van der Waals surface area contributed by atoms with Crippen molar-refractivity contribution in [3.05, 3.63) is 46.9 Å². The lowest BCUT2D eigenvalue weighted by molar-refractivity contribution is 0.423. The Morgan fingerprint density at radius 1 is 1.40 bits per heavy atom. The summed E-state index contributed by atoms with van der Waals surface area (Å²) in [5.41, 5.74) is 0.825. The maximum Gasteiger partial charge on any atom is 0.261 e. The summed E-state index contributed by atoms with van der Waals surface area (Å²) in [7, 11) is 0. The highest BCUT2D eigenvalue weighted by atomic mass is 19.1. The molecular formula is C17H15FN6O. The van der Waals surface area contributed by atoms with Crippen LogP contribution >= 0.6 is 0 Å². The van der Waals surface area contributed by atoms with Gasteiger partial charge in [0.15, 0.2) is 5.82 Å². The highest BCUT2D eigenvalue weighted by molar-refractivity contribution is 5.91. The minimum absolute atomic E-state index is 0.0703. The van der Waals surface area contributed by atoms with E-state index < -0.39 is 5.95 Å². The number of fused-ring (bicyclic) bond motifs is 1. The third kappa shape index (κ3) is 2.63. The highest BCUT2D eigenvalue weighted by Gasteiger charge is 2.31. The smallest absolute Gasteiger partial charge is 0.261 e. The maximum absolute atomic E-state index is 13.3. The molecule has 0 radical (unpaired) electrons. The van der Waals surface area contributed by atoms with Crippen molar-refractivity contribution < 1.29 is 4.39 Å². The van der Waals surface area contributed by atoms with Gasteiger partial charge in [-0.3, -0.25) is 9.48 Å². The first-order valence-electron chi connectivity index (χ1n) is 8.05. The molecule has 3 aromatic heterocycles. The number of nitriles is 1. The first kappa shape index (κ1) is 15.3. The summed E-state index contributed by atoms with van der Waals surface area (Å²) in [4.78, 5) is 18.5. The number of rotatable bonds is 3. The number of H-pyrrole nitrogens is 1. The molecule has 2 N–H and O–H groups in total. The van der Waals surface area contributed by atoms with Crippen LogP contribution in [0.2, 0.25) is 0 Å². The summed E-state index contributed by atoms with van der Waals surface area (Å²) in [5, 5.41) is 17.3. The summed E-state index contributed by atoms with van der Waals surface area (Å²) >= 11 is 0. The third-order valence-electron chi connectivity index (χ3n) is 4.58. The van der Waals surface area contributed by atoms with E-state index in [-0.39, 0.29) is 17.5 Å². The van der Waals surface area contributed by atoms with E-state index in [2.05, 4.69) is 26.5 Å². The molecule has 7 nitrogen and oxygen atoms in total. The molecule has 0 bridgehead atoms. The van der Waals surface area contributed by atoms with E-state index in [4.69, 9.17) is 0 Å². The third-order valence-corrected chi connectivity index (χ3v) is 4.58. The standard InChI is InChI=1S/C17H15FN6O/c18-14-8-11(4-6-20-14)22-16-15-13(5-7-21-17(15)25)24(23-16)12-3-1-2-10(12)9-19/h4-8,10,12H,1-3H2,(H,21,25)(H,20,22,23)/t10-,12+/m0/s1. The van der Waals surface area contributed by atoms with Crippen LogP contribution in [-0.2, 0) is 0 Å². The predicted molar refractivity (Wildman–Crippen MR) is 89.8 cm³/mol. The van der Waals surface area contributed by atoms with Gasteiger partial charge in [-0.1, -0.05) is 0 Å². The molecule has 1 aliphatic rings. The van der Waals surface area contributed by atoms with Gasteiger partial charge >= 0.3 is 0 Å². The maximum atomic E-state index is 13.3. The van der Waals surface area contributed by atoms with Gasteiger partial charge in [-0.05, 0) is 31.4 Å². The van der Waals surface area contributed by atoms with Crippen LogP contribution in [0.5, 0.6) is 0 Å². The Balaban J connectivity index is 1.85. The number of nitrogens with zero attached hydrogens (tertiary/aromatic N) is 4. The minimum Gasteiger partial charge on any atom is -0.338 e. The van der Waals surface area contributed by atoms with Crippen LogP contribution in [0, 0.1) is 23.2 Å². The molecule has 0 spiro atoms. The van der Waals surface area contributed by atoms with Gasteiger partial charge in [0, 0.05) is 24.1 Å². The number of aromatic nitrogens is 4. The highest BCUT2D eigenvalue weighted by Crippen LogP contribution is 2.37. The molecule has 1 saturated carbocycles. The van der Waals surface area contributed by atoms with Crippen LogP contribution in [-0.4, -0.2) is 19.7 Å². The molecule has 1 fully saturated rings. The largest absolute Gasteiger partial charge is 0.338 e. The number of aromatic amines is 1. The summed E-state index contributed by atoms with van der Waals surface area (Å²) < 4.78 is 15.1. The molecule has 3 heterocycles. The number of pyridine rings is 2. The van der Waals surface area contributed by atoms with Crippen molar-refractivity contribution in [1.29, 1.82) is 5.26 Å². The van der Waals surface area contributed by atoms with Crippen molar-refractivity contribution in [1.82, 2.24) is 19.7 Å². The van der Waals surface area contributed by atoms with Crippen molar-refractivity contribution in [2.45, 2.75) is 25.3 Å². The minimum atomic E-state index is -0.622. The SMILES string of the molecule is N#C[C@@H]1CCC[C@H]1n1nc(Nc2ccnc(F)c2)c2c(=O)[nH]ccc21. The number of hydrogen-bond donors (Lipinski definition) is 2. The molecule has 126 valence electrons. The van der Waals surface area contributed by atoms with Crippen molar-refractivity contribution >= 4 is 22.4 Å². The second-order valence-electron chi connectivity index (χ2n) is 6.09. The van der Waals surface area contributed by atoms with Crippen LogP contribution in [0.1, 0.15) is 25.3 Å². The van der Waals surface area contributed by atoms with E-state index in [0.29, 0.717) is 22.4 Å². The molecule has 4 rings (SSSR count). The molecule has 0 unspecified atom stereocenters. The summed E-state index contributed by atoms with van der Waals surface area (Å²) in [6, 6.07) is 6.86. The zero-order valence-electron chi connectivity index (χ0n) is 13.2. The summed E-state index contributed by atoms with van der Waals surface area (Å²) in [6.07, 6.45) is 5.51. The topological polar surface area (TPSA) is 99.4 Å². The average molecular weight is 338 g/mol. The van der Waals surface area contributed by atoms with Crippen molar-refractivity contribution in [2.24, 2.45) is 5.92 Å². The van der Waals surface area contributed by atoms with E-state index in [1.807, 2.05) is 0 Å². The average Bonchev–Trinajstić information content (AvgIpc) is 3.20. The number of anilines is 2. The van der Waals surface area contributed by atoms with Crippen molar-refractivity contribution in [3.8, 4) is 6.07 Å². The second-order valence-corrected chi connectivity index (χ2v) is 6.09. The van der Waals surface area contributed by atoms with E-state index in [9.17, 15) is 14.4 Å². The Kier molecular flexibility index (Phi) is 3.69. The Hall–Kier alpha value is -3.21. The summed E-state index contributed by atoms with van der Waals surface area (Å²) in [5.74, 6) is -0.414. The Morgan fingerprint density at radius 3 is 3.08 bits per heavy atom. The molecule has 8 heteroatoms. The quantitative estimate of drug-likeness (QED) is 0.715. The van der Waals surface area contributed by atoms with Crippen LogP contribution in [0.3, 0.4) is 0 Å². The predicted octanol–water partition coefficient (Wildman–Crippen LogP) is 2.87.